The van der Waals surface area contributed by atoms with Crippen molar-refractivity contribution in [3.05, 3.63) is 29.8 Å². The van der Waals surface area contributed by atoms with Gasteiger partial charge in [0.25, 0.3) is 0 Å². The molecule has 0 aliphatic rings. The fourth-order valence-electron chi connectivity index (χ4n) is 1.91. The standard InChI is InChI=1S/C16H27NO3/c1-16(13-18,17-2)10-4-11-20-15-7-5-14(6-8-15)9-12-19-3/h5-8,17-18H,4,9-13H2,1-3H3. The van der Waals surface area contributed by atoms with Gasteiger partial charge in [-0.05, 0) is 50.9 Å². The Hall–Kier alpha value is -1.10. The highest BCUT2D eigenvalue weighted by molar-refractivity contribution is 5.27. The van der Waals surface area contributed by atoms with Crippen LogP contribution in [0.5, 0.6) is 5.75 Å². The molecule has 0 spiro atoms. The maximum Gasteiger partial charge on any atom is 0.119 e. The van der Waals surface area contributed by atoms with Gasteiger partial charge in [-0.2, -0.15) is 0 Å². The molecule has 4 nitrogen and oxygen atoms in total. The fourth-order valence-corrected chi connectivity index (χ4v) is 1.91. The van der Waals surface area contributed by atoms with Gasteiger partial charge in [0, 0.05) is 12.6 Å². The topological polar surface area (TPSA) is 50.7 Å². The van der Waals surface area contributed by atoms with Crippen molar-refractivity contribution < 1.29 is 14.6 Å². The van der Waals surface area contributed by atoms with Crippen molar-refractivity contribution >= 4 is 0 Å². The largest absolute Gasteiger partial charge is 0.494 e. The predicted octanol–water partition coefficient (Wildman–Crippen LogP) is 2.00. The minimum Gasteiger partial charge on any atom is -0.494 e. The van der Waals surface area contributed by atoms with Crippen molar-refractivity contribution in [3.8, 4) is 5.75 Å². The Bertz CT molecular complexity index is 360. The van der Waals surface area contributed by atoms with Gasteiger partial charge in [0.2, 0.25) is 0 Å². The Labute approximate surface area is 122 Å². The van der Waals surface area contributed by atoms with Crippen LogP contribution in [0.3, 0.4) is 0 Å². The van der Waals surface area contributed by atoms with E-state index in [0.29, 0.717) is 6.61 Å². The second kappa shape index (κ2) is 8.95. The lowest BCUT2D eigenvalue weighted by molar-refractivity contribution is 0.163. The Morgan fingerprint density at radius 2 is 1.90 bits per heavy atom. The third-order valence-corrected chi connectivity index (χ3v) is 3.61. The Morgan fingerprint density at radius 1 is 1.20 bits per heavy atom. The van der Waals surface area contributed by atoms with Crippen molar-refractivity contribution in [2.24, 2.45) is 0 Å². The molecule has 1 rings (SSSR count). The number of methoxy groups -OCH3 is 1. The molecule has 0 radical (unpaired) electrons. The maximum absolute atomic E-state index is 9.29. The first-order valence-corrected chi connectivity index (χ1v) is 7.14. The van der Waals surface area contributed by atoms with Gasteiger partial charge < -0.3 is 19.9 Å². The van der Waals surface area contributed by atoms with Gasteiger partial charge in [-0.3, -0.25) is 0 Å². The van der Waals surface area contributed by atoms with Crippen LogP contribution in [0.2, 0.25) is 0 Å². The second-order valence-corrected chi connectivity index (χ2v) is 5.31. The molecular formula is C16H27NO3. The van der Waals surface area contributed by atoms with Crippen LogP contribution in [-0.2, 0) is 11.2 Å². The third-order valence-electron chi connectivity index (χ3n) is 3.61. The summed E-state index contributed by atoms with van der Waals surface area (Å²) in [6.07, 6.45) is 2.71. The Morgan fingerprint density at radius 3 is 2.45 bits per heavy atom. The summed E-state index contributed by atoms with van der Waals surface area (Å²) in [5, 5.41) is 12.4. The summed E-state index contributed by atoms with van der Waals surface area (Å²) in [5.74, 6) is 0.890. The lowest BCUT2D eigenvalue weighted by Crippen LogP contribution is -2.43. The number of rotatable bonds is 10. The summed E-state index contributed by atoms with van der Waals surface area (Å²) < 4.78 is 10.8. The number of nitrogens with one attached hydrogen (secondary N) is 1. The molecule has 114 valence electrons. The van der Waals surface area contributed by atoms with Gasteiger partial charge in [-0.1, -0.05) is 12.1 Å². The molecule has 0 amide bonds. The van der Waals surface area contributed by atoms with Crippen LogP contribution >= 0.6 is 0 Å². The number of aliphatic hydroxyl groups is 1. The molecule has 0 fully saturated rings. The highest BCUT2D eigenvalue weighted by atomic mass is 16.5. The molecule has 0 aliphatic heterocycles. The summed E-state index contributed by atoms with van der Waals surface area (Å²) in [6, 6.07) is 8.13. The molecule has 20 heavy (non-hydrogen) atoms. The molecule has 1 aromatic carbocycles. The van der Waals surface area contributed by atoms with Crippen molar-refractivity contribution in [2.75, 3.05) is 34.0 Å². The van der Waals surface area contributed by atoms with E-state index in [4.69, 9.17) is 9.47 Å². The summed E-state index contributed by atoms with van der Waals surface area (Å²) in [6.45, 7) is 3.55. The van der Waals surface area contributed by atoms with Crippen molar-refractivity contribution in [1.29, 1.82) is 0 Å². The third kappa shape index (κ3) is 5.90. The molecule has 1 aromatic rings. The van der Waals surface area contributed by atoms with Crippen molar-refractivity contribution in [2.45, 2.75) is 31.7 Å². The normalized spacial score (nSPS) is 14.0. The number of hydrogen-bond acceptors (Lipinski definition) is 4. The molecule has 2 N–H and O–H groups in total. The van der Waals surface area contributed by atoms with Crippen molar-refractivity contribution in [3.63, 3.8) is 0 Å². The van der Waals surface area contributed by atoms with Crippen LogP contribution in [0.4, 0.5) is 0 Å². The minimum atomic E-state index is -0.215. The zero-order valence-electron chi connectivity index (χ0n) is 12.8. The van der Waals surface area contributed by atoms with Gasteiger partial charge in [-0.15, -0.1) is 0 Å². The highest BCUT2D eigenvalue weighted by Crippen LogP contribution is 2.15. The summed E-state index contributed by atoms with van der Waals surface area (Å²) in [4.78, 5) is 0. The molecule has 0 bridgehead atoms. The van der Waals surface area contributed by atoms with Crippen molar-refractivity contribution in [1.82, 2.24) is 5.32 Å². The van der Waals surface area contributed by atoms with E-state index in [9.17, 15) is 5.11 Å². The van der Waals surface area contributed by atoms with Crippen LogP contribution in [0, 0.1) is 0 Å². The number of benzene rings is 1. The predicted molar refractivity (Wildman–Crippen MR) is 81.3 cm³/mol. The smallest absolute Gasteiger partial charge is 0.119 e. The fraction of sp³-hybridized carbons (Fsp3) is 0.625. The minimum absolute atomic E-state index is 0.137. The summed E-state index contributed by atoms with van der Waals surface area (Å²) >= 11 is 0. The van der Waals surface area contributed by atoms with E-state index in [1.165, 1.54) is 5.56 Å². The molecule has 0 saturated carbocycles. The van der Waals surface area contributed by atoms with Gasteiger partial charge in [0.1, 0.15) is 5.75 Å². The second-order valence-electron chi connectivity index (χ2n) is 5.31. The molecular weight excluding hydrogens is 254 g/mol. The van der Waals surface area contributed by atoms with E-state index in [2.05, 4.69) is 17.4 Å². The number of aliphatic hydroxyl groups excluding tert-OH is 1. The molecule has 0 aromatic heterocycles. The molecule has 0 saturated heterocycles. The molecule has 1 unspecified atom stereocenters. The molecule has 0 aliphatic carbocycles. The van der Waals surface area contributed by atoms with E-state index >= 15 is 0 Å². The first-order chi connectivity index (χ1) is 9.63. The van der Waals surface area contributed by atoms with Crippen LogP contribution < -0.4 is 10.1 Å². The van der Waals surface area contributed by atoms with Crippen LogP contribution in [-0.4, -0.2) is 44.6 Å². The van der Waals surface area contributed by atoms with Gasteiger partial charge >= 0.3 is 0 Å². The number of likely N-dealkylation sites (N-methyl/N-ethyl adjacent to an activating group) is 1. The van der Waals surface area contributed by atoms with E-state index < -0.39 is 0 Å². The monoisotopic (exact) mass is 281 g/mol. The zero-order chi connectivity index (χ0) is 14.8. The van der Waals surface area contributed by atoms with Gasteiger partial charge in [-0.25, -0.2) is 0 Å². The van der Waals surface area contributed by atoms with E-state index in [1.54, 1.807) is 7.11 Å². The summed E-state index contributed by atoms with van der Waals surface area (Å²) in [7, 11) is 3.58. The maximum atomic E-state index is 9.29. The highest BCUT2D eigenvalue weighted by Gasteiger charge is 2.19. The Balaban J connectivity index is 2.28. The van der Waals surface area contributed by atoms with E-state index in [0.717, 1.165) is 31.6 Å². The zero-order valence-corrected chi connectivity index (χ0v) is 12.8. The van der Waals surface area contributed by atoms with Crippen LogP contribution in [0.15, 0.2) is 24.3 Å². The summed E-state index contributed by atoms with van der Waals surface area (Å²) in [5.41, 5.74) is 1.04. The lowest BCUT2D eigenvalue weighted by Gasteiger charge is -2.26. The van der Waals surface area contributed by atoms with E-state index in [-0.39, 0.29) is 12.1 Å². The lowest BCUT2D eigenvalue weighted by atomic mass is 9.97. The SMILES string of the molecule is CNC(C)(CO)CCCOc1ccc(CCOC)cc1. The first-order valence-electron chi connectivity index (χ1n) is 7.14. The first kappa shape index (κ1) is 17.0. The number of ether oxygens (including phenoxy) is 2. The average Bonchev–Trinajstić information content (AvgIpc) is 2.50. The van der Waals surface area contributed by atoms with Gasteiger partial charge in [0.05, 0.1) is 19.8 Å². The van der Waals surface area contributed by atoms with Crippen LogP contribution in [0.1, 0.15) is 25.3 Å². The molecule has 4 heteroatoms. The molecule has 0 heterocycles. The quantitative estimate of drug-likeness (QED) is 0.644. The average molecular weight is 281 g/mol. The Kier molecular flexibility index (Phi) is 7.59. The number of hydrogen-bond donors (Lipinski definition) is 2. The molecule has 1 atom stereocenters. The van der Waals surface area contributed by atoms with E-state index in [1.807, 2.05) is 26.1 Å². The van der Waals surface area contributed by atoms with Gasteiger partial charge in [0.15, 0.2) is 0 Å². The van der Waals surface area contributed by atoms with Crippen LogP contribution in [0.25, 0.3) is 0 Å².